The van der Waals surface area contributed by atoms with Crippen LogP contribution in [0.3, 0.4) is 0 Å². The summed E-state index contributed by atoms with van der Waals surface area (Å²) in [7, 11) is 0. The van der Waals surface area contributed by atoms with Crippen molar-refractivity contribution in [3.63, 3.8) is 0 Å². The molecule has 9 heteroatoms. The van der Waals surface area contributed by atoms with Crippen molar-refractivity contribution in [3.05, 3.63) is 47.4 Å². The van der Waals surface area contributed by atoms with Crippen molar-refractivity contribution in [1.29, 1.82) is 0 Å². The molecule has 2 bridgehead atoms. The van der Waals surface area contributed by atoms with E-state index in [9.17, 15) is 4.79 Å². The Hall–Kier alpha value is -3.33. The van der Waals surface area contributed by atoms with Gasteiger partial charge in [0.2, 0.25) is 5.91 Å². The second-order valence-electron chi connectivity index (χ2n) is 12.3. The molecule has 1 amide bonds. The maximum absolute atomic E-state index is 14.0. The van der Waals surface area contributed by atoms with Crippen LogP contribution in [-0.4, -0.2) is 45.9 Å². The third-order valence-electron chi connectivity index (χ3n) is 9.21. The lowest BCUT2D eigenvalue weighted by Crippen LogP contribution is -2.50. The monoisotopic (exact) mass is 527 g/mol. The van der Waals surface area contributed by atoms with Crippen LogP contribution in [0.2, 0.25) is 0 Å². The van der Waals surface area contributed by atoms with Gasteiger partial charge in [-0.15, -0.1) is 0 Å². The van der Waals surface area contributed by atoms with Gasteiger partial charge in [-0.25, -0.2) is 0 Å². The third kappa shape index (κ3) is 4.40. The molecule has 1 aromatic carbocycles. The quantitative estimate of drug-likeness (QED) is 0.369. The molecular weight excluding hydrogens is 494 g/mol. The van der Waals surface area contributed by atoms with E-state index >= 15 is 0 Å². The van der Waals surface area contributed by atoms with E-state index in [1.54, 1.807) is 0 Å². The average Bonchev–Trinajstić information content (AvgIpc) is 3.90. The van der Waals surface area contributed by atoms with Crippen LogP contribution in [-0.2, 0) is 9.53 Å². The molecule has 39 heavy (non-hydrogen) atoms. The fraction of sp³-hybridized carbons (Fsp3) is 0.567. The standard InChI is InChI=1S/C30H33N5O4/c36-29(21-4-2-12-37-16-21)35(23-5-1-3-20(13-23)27-31-25(33-38-27)18-6-7-18)17-30-11-10-24(22(14-30)15-30)28-32-26(34-39-28)19-8-9-19/h1,3,5,13,18-19,21H,2,4,6-12,14-17H2. The van der Waals surface area contributed by atoms with Gasteiger partial charge in [-0.2, -0.15) is 9.97 Å². The Balaban J connectivity index is 1.06. The molecule has 1 unspecified atom stereocenters. The van der Waals surface area contributed by atoms with Gasteiger partial charge in [0.25, 0.3) is 11.8 Å². The fourth-order valence-electron chi connectivity index (χ4n) is 6.58. The lowest BCUT2D eigenvalue weighted by atomic mass is 9.57. The van der Waals surface area contributed by atoms with Gasteiger partial charge in [0, 0.05) is 41.8 Å². The number of fused-ring (bicyclic) bond motifs is 2. The molecule has 9 rings (SSSR count). The minimum absolute atomic E-state index is 0.0724. The van der Waals surface area contributed by atoms with Crippen molar-refractivity contribution < 1.29 is 18.6 Å². The number of carbonyl (C=O) groups excluding carboxylic acids is 1. The number of nitrogens with zero attached hydrogens (tertiary/aromatic N) is 5. The maximum atomic E-state index is 14.0. The third-order valence-corrected chi connectivity index (χ3v) is 9.21. The minimum Gasteiger partial charge on any atom is -0.381 e. The molecule has 1 atom stereocenters. The highest BCUT2D eigenvalue weighted by molar-refractivity contribution is 5.96. The summed E-state index contributed by atoms with van der Waals surface area (Å²) in [6.45, 7) is 1.92. The summed E-state index contributed by atoms with van der Waals surface area (Å²) < 4.78 is 17.0. The van der Waals surface area contributed by atoms with E-state index in [2.05, 4.69) is 15.3 Å². The number of amides is 1. The molecule has 9 nitrogen and oxygen atoms in total. The lowest BCUT2D eigenvalue weighted by molar-refractivity contribution is -0.126. The Morgan fingerprint density at radius 1 is 0.974 bits per heavy atom. The van der Waals surface area contributed by atoms with Gasteiger partial charge >= 0.3 is 0 Å². The van der Waals surface area contributed by atoms with Crippen LogP contribution in [0.15, 0.2) is 38.9 Å². The summed E-state index contributed by atoms with van der Waals surface area (Å²) >= 11 is 0. The van der Waals surface area contributed by atoms with Crippen LogP contribution < -0.4 is 4.90 Å². The minimum atomic E-state index is -0.114. The first-order valence-electron chi connectivity index (χ1n) is 14.5. The van der Waals surface area contributed by atoms with E-state index in [0.29, 0.717) is 36.8 Å². The smallest absolute Gasteiger partial charge is 0.258 e. The molecule has 3 aromatic rings. The maximum Gasteiger partial charge on any atom is 0.258 e. The van der Waals surface area contributed by atoms with Gasteiger partial charge in [0.15, 0.2) is 11.6 Å². The van der Waals surface area contributed by atoms with Crippen molar-refractivity contribution >= 4 is 17.2 Å². The lowest BCUT2D eigenvalue weighted by Gasteiger charge is -2.51. The van der Waals surface area contributed by atoms with Gasteiger partial charge in [-0.3, -0.25) is 4.79 Å². The number of carbonyl (C=O) groups is 1. The molecule has 0 radical (unpaired) electrons. The number of hydrogen-bond acceptors (Lipinski definition) is 8. The molecule has 2 aromatic heterocycles. The second kappa shape index (κ2) is 9.11. The molecule has 4 fully saturated rings. The largest absolute Gasteiger partial charge is 0.381 e. The molecule has 0 spiro atoms. The SMILES string of the molecule is O=C(C1CCCOC1)N(CC12CCC(c3nc(C4CC4)no3)=C(C1)C2)c1cccc(-c2nc(C3CC3)no2)c1. The number of ether oxygens (including phenoxy) is 1. The van der Waals surface area contributed by atoms with Gasteiger partial charge in [0.1, 0.15) is 0 Å². The zero-order chi connectivity index (χ0) is 26.0. The Bertz CT molecular complexity index is 1430. The topological polar surface area (TPSA) is 107 Å². The van der Waals surface area contributed by atoms with E-state index in [1.807, 2.05) is 29.2 Å². The number of allylic oxidation sites excluding steroid dienone is 2. The highest BCUT2D eigenvalue weighted by Crippen LogP contribution is 2.58. The Morgan fingerprint density at radius 3 is 2.38 bits per heavy atom. The number of rotatable bonds is 8. The van der Waals surface area contributed by atoms with E-state index in [-0.39, 0.29) is 17.2 Å². The Kier molecular flexibility index (Phi) is 5.50. The number of benzene rings is 1. The van der Waals surface area contributed by atoms with Crippen LogP contribution in [0.5, 0.6) is 0 Å². The average molecular weight is 528 g/mol. The summed E-state index contributed by atoms with van der Waals surface area (Å²) in [5.41, 5.74) is 4.46. The van der Waals surface area contributed by atoms with Crippen LogP contribution >= 0.6 is 0 Å². The van der Waals surface area contributed by atoms with Crippen LogP contribution in [0.25, 0.3) is 17.0 Å². The summed E-state index contributed by atoms with van der Waals surface area (Å²) in [6, 6.07) is 8.03. The predicted octanol–water partition coefficient (Wildman–Crippen LogP) is 5.66. The summed E-state index contributed by atoms with van der Waals surface area (Å²) in [5, 5.41) is 8.42. The van der Waals surface area contributed by atoms with Gasteiger partial charge in [0.05, 0.1) is 12.5 Å². The number of hydrogen-bond donors (Lipinski definition) is 0. The molecule has 202 valence electrons. The van der Waals surface area contributed by atoms with Crippen molar-refractivity contribution in [2.45, 2.75) is 76.0 Å². The molecule has 3 saturated carbocycles. The molecular formula is C30H33N5O4. The second-order valence-corrected chi connectivity index (χ2v) is 12.3. The van der Waals surface area contributed by atoms with Gasteiger partial charge in [-0.1, -0.05) is 22.0 Å². The first-order valence-corrected chi connectivity index (χ1v) is 14.5. The van der Waals surface area contributed by atoms with Crippen molar-refractivity contribution in [1.82, 2.24) is 20.3 Å². The van der Waals surface area contributed by atoms with Crippen molar-refractivity contribution in [2.24, 2.45) is 11.3 Å². The highest BCUT2D eigenvalue weighted by Gasteiger charge is 2.48. The van der Waals surface area contributed by atoms with Gasteiger partial charge < -0.3 is 18.7 Å². The van der Waals surface area contributed by atoms with Crippen LogP contribution in [0.4, 0.5) is 5.69 Å². The Morgan fingerprint density at radius 2 is 1.72 bits per heavy atom. The summed E-state index contributed by atoms with van der Waals surface area (Å²) in [4.78, 5) is 25.4. The first-order chi connectivity index (χ1) is 19.1. The first kappa shape index (κ1) is 23.5. The van der Waals surface area contributed by atoms with Crippen LogP contribution in [0, 0.1) is 11.3 Å². The van der Waals surface area contributed by atoms with Crippen molar-refractivity contribution in [3.8, 4) is 11.5 Å². The van der Waals surface area contributed by atoms with Crippen LogP contribution in [0.1, 0.15) is 93.6 Å². The van der Waals surface area contributed by atoms with E-state index in [4.69, 9.17) is 18.8 Å². The van der Waals surface area contributed by atoms with E-state index in [0.717, 1.165) is 80.9 Å². The highest BCUT2D eigenvalue weighted by atomic mass is 16.5. The van der Waals surface area contributed by atoms with Crippen molar-refractivity contribution in [2.75, 3.05) is 24.7 Å². The number of aromatic nitrogens is 4. The van der Waals surface area contributed by atoms with E-state index < -0.39 is 0 Å². The van der Waals surface area contributed by atoms with Gasteiger partial charge in [-0.05, 0) is 87.8 Å². The fourth-order valence-corrected chi connectivity index (χ4v) is 6.58. The zero-order valence-electron chi connectivity index (χ0n) is 22.1. The predicted molar refractivity (Wildman–Crippen MR) is 142 cm³/mol. The molecule has 1 aliphatic heterocycles. The molecule has 5 aliphatic carbocycles. The molecule has 6 aliphatic rings. The molecule has 1 saturated heterocycles. The zero-order valence-corrected chi connectivity index (χ0v) is 22.1. The number of anilines is 1. The molecule has 3 heterocycles. The molecule has 0 N–H and O–H groups in total. The summed E-state index contributed by atoms with van der Waals surface area (Å²) in [5.74, 6) is 3.85. The van der Waals surface area contributed by atoms with E-state index in [1.165, 1.54) is 24.0 Å². The Labute approximate surface area is 227 Å². The summed E-state index contributed by atoms with van der Waals surface area (Å²) in [6.07, 6.45) is 10.2. The normalized spacial score (nSPS) is 23.9.